The molecule has 4 rings (SSSR count). The van der Waals surface area contributed by atoms with Gasteiger partial charge in [-0.25, -0.2) is 0 Å². The van der Waals surface area contributed by atoms with Crippen molar-refractivity contribution in [2.75, 3.05) is 24.8 Å². The summed E-state index contributed by atoms with van der Waals surface area (Å²) in [7, 11) is 1.58. The van der Waals surface area contributed by atoms with Gasteiger partial charge in [0.2, 0.25) is 5.91 Å². The van der Waals surface area contributed by atoms with Crippen LogP contribution in [0.1, 0.15) is 33.3 Å². The number of anilines is 1. The Balaban J connectivity index is 1.62. The molecule has 0 aliphatic carbocycles. The second-order valence-corrected chi connectivity index (χ2v) is 10.4. The molecule has 0 bridgehead atoms. The number of rotatable bonds is 9. The van der Waals surface area contributed by atoms with Gasteiger partial charge in [0.1, 0.15) is 11.5 Å². The number of hydrogen-bond acceptors (Lipinski definition) is 6. The quantitative estimate of drug-likeness (QED) is 0.261. The third kappa shape index (κ3) is 6.32. The molecule has 7 nitrogen and oxygen atoms in total. The van der Waals surface area contributed by atoms with E-state index in [1.54, 1.807) is 7.11 Å². The zero-order valence-corrected chi connectivity index (χ0v) is 22.6. The lowest BCUT2D eigenvalue weighted by Gasteiger charge is -2.19. The highest BCUT2D eigenvalue weighted by Gasteiger charge is 2.19. The third-order valence-corrected chi connectivity index (χ3v) is 6.69. The molecule has 0 atom stereocenters. The predicted molar refractivity (Wildman–Crippen MR) is 149 cm³/mol. The van der Waals surface area contributed by atoms with Crippen molar-refractivity contribution < 1.29 is 14.3 Å². The van der Waals surface area contributed by atoms with Crippen LogP contribution in [-0.2, 0) is 10.2 Å². The molecule has 1 N–H and O–H groups in total. The van der Waals surface area contributed by atoms with Crippen LogP contribution in [0, 0.1) is 0 Å². The molecule has 3 aromatic carbocycles. The minimum atomic E-state index is -0.160. The maximum Gasteiger partial charge on any atom is 0.234 e. The normalized spacial score (nSPS) is 11.3. The highest BCUT2D eigenvalue weighted by Crippen LogP contribution is 2.31. The maximum atomic E-state index is 12.8. The molecule has 0 radical (unpaired) electrons. The lowest BCUT2D eigenvalue weighted by Crippen LogP contribution is -2.15. The average Bonchev–Trinajstić information content (AvgIpc) is 3.32. The van der Waals surface area contributed by atoms with Gasteiger partial charge in [0.15, 0.2) is 11.0 Å². The molecule has 0 unspecified atom stereocenters. The van der Waals surface area contributed by atoms with Crippen LogP contribution >= 0.6 is 11.8 Å². The number of carbonyl (C=O) groups is 1. The van der Waals surface area contributed by atoms with E-state index in [4.69, 9.17) is 9.47 Å². The minimum absolute atomic E-state index is 0.0527. The summed E-state index contributed by atoms with van der Waals surface area (Å²) in [5.74, 6) is 2.11. The van der Waals surface area contributed by atoms with Crippen molar-refractivity contribution in [3.8, 4) is 28.6 Å². The van der Waals surface area contributed by atoms with E-state index in [1.807, 2.05) is 60.0 Å². The minimum Gasteiger partial charge on any atom is -0.495 e. The van der Waals surface area contributed by atoms with Crippen molar-refractivity contribution in [3.63, 3.8) is 0 Å². The second kappa shape index (κ2) is 11.5. The van der Waals surface area contributed by atoms with Gasteiger partial charge in [-0.3, -0.25) is 9.36 Å². The van der Waals surface area contributed by atoms with Crippen LogP contribution in [0.15, 0.2) is 78.0 Å². The summed E-state index contributed by atoms with van der Waals surface area (Å²) in [6.07, 6.45) is 0. The standard InChI is InChI=1S/C29H32N4O3S/c1-6-36-23-17-15-22(16-18-23)33-27(20-11-13-21(14-12-20)29(2,3)4)31-32-28(33)37-19-26(34)30-24-9-7-8-10-25(24)35-5/h7-18H,6,19H2,1-5H3,(H,30,34). The van der Waals surface area contributed by atoms with E-state index in [0.29, 0.717) is 29.0 Å². The number of benzene rings is 3. The van der Waals surface area contributed by atoms with Gasteiger partial charge in [0, 0.05) is 11.3 Å². The summed E-state index contributed by atoms with van der Waals surface area (Å²) in [4.78, 5) is 12.8. The van der Waals surface area contributed by atoms with E-state index in [-0.39, 0.29) is 17.1 Å². The number of nitrogens with one attached hydrogen (secondary N) is 1. The molecule has 192 valence electrons. The zero-order valence-electron chi connectivity index (χ0n) is 21.8. The number of thioether (sulfide) groups is 1. The van der Waals surface area contributed by atoms with Gasteiger partial charge in [-0.15, -0.1) is 10.2 Å². The van der Waals surface area contributed by atoms with E-state index in [2.05, 4.69) is 60.6 Å². The van der Waals surface area contributed by atoms with E-state index in [1.165, 1.54) is 17.3 Å². The van der Waals surface area contributed by atoms with Crippen LogP contribution in [0.25, 0.3) is 17.1 Å². The lowest BCUT2D eigenvalue weighted by molar-refractivity contribution is -0.113. The Morgan fingerprint density at radius 1 is 0.973 bits per heavy atom. The first-order valence-corrected chi connectivity index (χ1v) is 13.1. The predicted octanol–water partition coefficient (Wildman–Crippen LogP) is 6.37. The van der Waals surface area contributed by atoms with Crippen molar-refractivity contribution in [2.45, 2.75) is 38.3 Å². The van der Waals surface area contributed by atoms with Crippen molar-refractivity contribution in [1.29, 1.82) is 0 Å². The van der Waals surface area contributed by atoms with E-state index in [0.717, 1.165) is 17.0 Å². The van der Waals surface area contributed by atoms with Crippen LogP contribution in [0.5, 0.6) is 11.5 Å². The van der Waals surface area contributed by atoms with E-state index < -0.39 is 0 Å². The van der Waals surface area contributed by atoms with Gasteiger partial charge in [0.25, 0.3) is 0 Å². The van der Waals surface area contributed by atoms with Crippen molar-refractivity contribution in [1.82, 2.24) is 14.8 Å². The summed E-state index contributed by atoms with van der Waals surface area (Å²) >= 11 is 1.33. The van der Waals surface area contributed by atoms with Gasteiger partial charge >= 0.3 is 0 Å². The largest absolute Gasteiger partial charge is 0.495 e. The SMILES string of the molecule is CCOc1ccc(-n2c(SCC(=O)Nc3ccccc3OC)nnc2-c2ccc(C(C)(C)C)cc2)cc1. The molecule has 1 amide bonds. The topological polar surface area (TPSA) is 78.3 Å². The number of nitrogens with zero attached hydrogens (tertiary/aromatic N) is 3. The van der Waals surface area contributed by atoms with Crippen molar-refractivity contribution >= 4 is 23.4 Å². The molecule has 0 saturated carbocycles. The second-order valence-electron chi connectivity index (χ2n) is 9.43. The Morgan fingerprint density at radius 2 is 1.68 bits per heavy atom. The van der Waals surface area contributed by atoms with Crippen LogP contribution in [-0.4, -0.2) is 40.1 Å². The van der Waals surface area contributed by atoms with Crippen LogP contribution in [0.3, 0.4) is 0 Å². The summed E-state index contributed by atoms with van der Waals surface area (Å²) in [6.45, 7) is 9.12. The third-order valence-electron chi connectivity index (χ3n) is 5.76. The fourth-order valence-electron chi connectivity index (χ4n) is 3.82. The van der Waals surface area contributed by atoms with Gasteiger partial charge in [-0.2, -0.15) is 0 Å². The van der Waals surface area contributed by atoms with Crippen LogP contribution in [0.4, 0.5) is 5.69 Å². The van der Waals surface area contributed by atoms with Crippen LogP contribution < -0.4 is 14.8 Å². The molecule has 37 heavy (non-hydrogen) atoms. The number of para-hydroxylation sites is 2. The number of amides is 1. The maximum absolute atomic E-state index is 12.8. The monoisotopic (exact) mass is 516 g/mol. The Kier molecular flexibility index (Phi) is 8.18. The lowest BCUT2D eigenvalue weighted by atomic mass is 9.87. The van der Waals surface area contributed by atoms with E-state index >= 15 is 0 Å². The molecular formula is C29H32N4O3S. The molecule has 0 aliphatic rings. The number of methoxy groups -OCH3 is 1. The molecule has 0 aliphatic heterocycles. The van der Waals surface area contributed by atoms with Crippen molar-refractivity contribution in [2.24, 2.45) is 0 Å². The highest BCUT2D eigenvalue weighted by atomic mass is 32.2. The molecular weight excluding hydrogens is 484 g/mol. The Bertz CT molecular complexity index is 1340. The highest BCUT2D eigenvalue weighted by molar-refractivity contribution is 7.99. The number of aromatic nitrogens is 3. The Hall–Kier alpha value is -3.78. The summed E-state index contributed by atoms with van der Waals surface area (Å²) in [6, 6.07) is 23.5. The van der Waals surface area contributed by atoms with Gasteiger partial charge in [-0.1, -0.05) is 68.9 Å². The first kappa shape index (κ1) is 26.3. The number of hydrogen-bond donors (Lipinski definition) is 1. The first-order valence-electron chi connectivity index (χ1n) is 12.2. The van der Waals surface area contributed by atoms with E-state index in [9.17, 15) is 4.79 Å². The number of carbonyl (C=O) groups excluding carboxylic acids is 1. The van der Waals surface area contributed by atoms with Crippen LogP contribution in [0.2, 0.25) is 0 Å². The molecule has 8 heteroatoms. The average molecular weight is 517 g/mol. The Labute approximate surface area is 222 Å². The molecule has 0 fully saturated rings. The zero-order chi connectivity index (χ0) is 26.4. The molecule has 4 aromatic rings. The smallest absolute Gasteiger partial charge is 0.234 e. The summed E-state index contributed by atoms with van der Waals surface area (Å²) in [5, 5.41) is 12.5. The summed E-state index contributed by atoms with van der Waals surface area (Å²) < 4.78 is 12.9. The molecule has 0 saturated heterocycles. The Morgan fingerprint density at radius 3 is 2.32 bits per heavy atom. The fourth-order valence-corrected chi connectivity index (χ4v) is 4.58. The summed E-state index contributed by atoms with van der Waals surface area (Å²) in [5.41, 5.74) is 3.75. The van der Waals surface area contributed by atoms with Gasteiger partial charge < -0.3 is 14.8 Å². The van der Waals surface area contributed by atoms with Gasteiger partial charge in [-0.05, 0) is 54.3 Å². The number of ether oxygens (including phenoxy) is 2. The fraction of sp³-hybridized carbons (Fsp3) is 0.276. The van der Waals surface area contributed by atoms with Crippen molar-refractivity contribution in [3.05, 3.63) is 78.4 Å². The first-order chi connectivity index (χ1) is 17.8. The molecule has 0 spiro atoms. The van der Waals surface area contributed by atoms with Gasteiger partial charge in [0.05, 0.1) is 25.2 Å². The molecule has 1 heterocycles. The molecule has 1 aromatic heterocycles.